The van der Waals surface area contributed by atoms with Crippen LogP contribution in [0.2, 0.25) is 0 Å². The minimum Gasteiger partial charge on any atom is -0.496 e. The Morgan fingerprint density at radius 2 is 1.68 bits per heavy atom. The summed E-state index contributed by atoms with van der Waals surface area (Å²) in [4.78, 5) is 25.4. The van der Waals surface area contributed by atoms with Crippen LogP contribution in [0.15, 0.2) is 18.2 Å². The Balaban J connectivity index is 3.23. The second-order valence-corrected chi connectivity index (χ2v) is 7.90. The van der Waals surface area contributed by atoms with Gasteiger partial charge in [0.1, 0.15) is 16.9 Å². The smallest absolute Gasteiger partial charge is 0.341 e. The number of esters is 1. The number of ether oxygens (including phenoxy) is 3. The summed E-state index contributed by atoms with van der Waals surface area (Å²) in [6.07, 6.45) is 2.08. The number of amides is 1. The highest BCUT2D eigenvalue weighted by molar-refractivity contribution is 5.99. The van der Waals surface area contributed by atoms with Crippen molar-refractivity contribution in [3.63, 3.8) is 0 Å². The molecule has 0 unspecified atom stereocenters. The minimum absolute atomic E-state index is 0.190. The fourth-order valence-corrected chi connectivity index (χ4v) is 3.37. The normalized spacial score (nSPS) is 11.6. The molecule has 158 valence electrons. The van der Waals surface area contributed by atoms with Crippen LogP contribution < -0.4 is 10.1 Å². The monoisotopic (exact) mass is 393 g/mol. The number of hydrogen-bond donors (Lipinski definition) is 1. The molecule has 6 nitrogen and oxygen atoms in total. The molecule has 0 radical (unpaired) electrons. The lowest BCUT2D eigenvalue weighted by molar-refractivity contribution is -0.147. The van der Waals surface area contributed by atoms with E-state index >= 15 is 0 Å². The van der Waals surface area contributed by atoms with E-state index in [1.165, 1.54) is 14.2 Å². The first-order valence-electron chi connectivity index (χ1n) is 9.90. The van der Waals surface area contributed by atoms with Gasteiger partial charge >= 0.3 is 5.97 Å². The van der Waals surface area contributed by atoms with Crippen molar-refractivity contribution in [1.82, 2.24) is 0 Å². The maximum absolute atomic E-state index is 13.3. The van der Waals surface area contributed by atoms with Crippen LogP contribution in [0.3, 0.4) is 0 Å². The molecule has 0 atom stereocenters. The van der Waals surface area contributed by atoms with Gasteiger partial charge in [-0.05, 0) is 49.3 Å². The third kappa shape index (κ3) is 6.51. The van der Waals surface area contributed by atoms with Crippen LogP contribution >= 0.6 is 0 Å². The molecule has 0 aliphatic heterocycles. The zero-order valence-electron chi connectivity index (χ0n) is 18.3. The molecule has 0 aliphatic rings. The van der Waals surface area contributed by atoms with Gasteiger partial charge in [0.15, 0.2) is 0 Å². The average Bonchev–Trinajstić information content (AvgIpc) is 2.64. The van der Waals surface area contributed by atoms with Gasteiger partial charge in [0.25, 0.3) is 5.91 Å². The van der Waals surface area contributed by atoms with Crippen molar-refractivity contribution in [2.45, 2.75) is 59.5 Å². The standard InChI is InChI=1S/C22H35NO5/c1-8-11-28-22(13-15(2)3,14-16(4)5)21(25)23-17-9-10-19(26-6)18(12-17)20(24)27-7/h9-10,12,15-16H,8,11,13-14H2,1-7H3,(H,23,25). The van der Waals surface area contributed by atoms with E-state index in [0.29, 0.717) is 42.7 Å². The van der Waals surface area contributed by atoms with Crippen molar-refractivity contribution >= 4 is 17.6 Å². The number of anilines is 1. The predicted molar refractivity (Wildman–Crippen MR) is 111 cm³/mol. The molecule has 28 heavy (non-hydrogen) atoms. The highest BCUT2D eigenvalue weighted by atomic mass is 16.5. The lowest BCUT2D eigenvalue weighted by Crippen LogP contribution is -2.48. The second kappa shape index (κ2) is 11.1. The van der Waals surface area contributed by atoms with E-state index < -0.39 is 11.6 Å². The third-order valence-corrected chi connectivity index (χ3v) is 4.33. The number of benzene rings is 1. The van der Waals surface area contributed by atoms with E-state index in [4.69, 9.17) is 14.2 Å². The molecule has 0 spiro atoms. The fraction of sp³-hybridized carbons (Fsp3) is 0.636. The number of carbonyl (C=O) groups excluding carboxylic acids is 2. The van der Waals surface area contributed by atoms with Crippen molar-refractivity contribution in [2.75, 3.05) is 26.1 Å². The van der Waals surface area contributed by atoms with Gasteiger partial charge in [0, 0.05) is 12.3 Å². The van der Waals surface area contributed by atoms with E-state index in [0.717, 1.165) is 6.42 Å². The van der Waals surface area contributed by atoms with Gasteiger partial charge in [-0.25, -0.2) is 4.79 Å². The van der Waals surface area contributed by atoms with Gasteiger partial charge in [0.05, 0.1) is 14.2 Å². The second-order valence-electron chi connectivity index (χ2n) is 7.90. The first-order valence-corrected chi connectivity index (χ1v) is 9.90. The van der Waals surface area contributed by atoms with E-state index in [2.05, 4.69) is 33.0 Å². The Labute approximate surface area is 168 Å². The minimum atomic E-state index is -0.913. The lowest BCUT2D eigenvalue weighted by Gasteiger charge is -2.35. The van der Waals surface area contributed by atoms with Gasteiger partial charge in [-0.1, -0.05) is 34.6 Å². The Kier molecular flexibility index (Phi) is 9.46. The molecular formula is C22H35NO5. The Morgan fingerprint density at radius 3 is 2.14 bits per heavy atom. The van der Waals surface area contributed by atoms with Gasteiger partial charge in [-0.15, -0.1) is 0 Å². The molecule has 0 fully saturated rings. The van der Waals surface area contributed by atoms with Crippen LogP contribution in [0.4, 0.5) is 5.69 Å². The van der Waals surface area contributed by atoms with E-state index in [1.807, 2.05) is 6.92 Å². The molecule has 0 aromatic heterocycles. The summed E-state index contributed by atoms with van der Waals surface area (Å²) in [5.41, 5.74) is -0.150. The highest BCUT2D eigenvalue weighted by Crippen LogP contribution is 2.32. The summed E-state index contributed by atoms with van der Waals surface area (Å²) in [6, 6.07) is 4.91. The van der Waals surface area contributed by atoms with Gasteiger partial charge < -0.3 is 19.5 Å². The first kappa shape index (κ1) is 24.0. The van der Waals surface area contributed by atoms with Gasteiger partial charge in [-0.2, -0.15) is 0 Å². The number of hydrogen-bond acceptors (Lipinski definition) is 5. The van der Waals surface area contributed by atoms with Gasteiger partial charge in [0.2, 0.25) is 0 Å². The Morgan fingerprint density at radius 1 is 1.07 bits per heavy atom. The number of carbonyl (C=O) groups is 2. The Hall–Kier alpha value is -2.08. The third-order valence-electron chi connectivity index (χ3n) is 4.33. The van der Waals surface area contributed by atoms with Crippen LogP contribution in [0, 0.1) is 11.8 Å². The lowest BCUT2D eigenvalue weighted by atomic mass is 9.83. The summed E-state index contributed by atoms with van der Waals surface area (Å²) in [7, 11) is 2.79. The van der Waals surface area contributed by atoms with Crippen LogP contribution in [-0.2, 0) is 14.3 Å². The quantitative estimate of drug-likeness (QED) is 0.553. The summed E-state index contributed by atoms with van der Waals surface area (Å²) in [5.74, 6) is 0.267. The van der Waals surface area contributed by atoms with E-state index in [1.54, 1.807) is 18.2 Å². The largest absolute Gasteiger partial charge is 0.496 e. The maximum Gasteiger partial charge on any atom is 0.341 e. The fourth-order valence-electron chi connectivity index (χ4n) is 3.37. The van der Waals surface area contributed by atoms with Crippen LogP contribution in [-0.4, -0.2) is 38.3 Å². The number of rotatable bonds is 11. The van der Waals surface area contributed by atoms with Crippen molar-refractivity contribution < 1.29 is 23.8 Å². The summed E-state index contributed by atoms with van der Waals surface area (Å²) < 4.78 is 16.2. The predicted octanol–water partition coefficient (Wildman–Crippen LogP) is 4.68. The van der Waals surface area contributed by atoms with Crippen molar-refractivity contribution in [3.05, 3.63) is 23.8 Å². The molecule has 1 aromatic rings. The topological polar surface area (TPSA) is 73.9 Å². The summed E-state index contributed by atoms with van der Waals surface area (Å²) in [6.45, 7) is 10.9. The zero-order valence-corrected chi connectivity index (χ0v) is 18.3. The van der Waals surface area contributed by atoms with E-state index in [-0.39, 0.29) is 11.5 Å². The zero-order chi connectivity index (χ0) is 21.3. The van der Waals surface area contributed by atoms with Gasteiger partial charge in [-0.3, -0.25) is 4.79 Å². The molecule has 1 aromatic carbocycles. The summed E-state index contributed by atoms with van der Waals surface area (Å²) in [5, 5.41) is 2.95. The van der Waals surface area contributed by atoms with E-state index in [9.17, 15) is 9.59 Å². The molecule has 0 aliphatic carbocycles. The molecule has 1 N–H and O–H groups in total. The highest BCUT2D eigenvalue weighted by Gasteiger charge is 2.40. The van der Waals surface area contributed by atoms with Crippen LogP contribution in [0.25, 0.3) is 0 Å². The molecule has 6 heteroatoms. The Bertz CT molecular complexity index is 644. The van der Waals surface area contributed by atoms with Crippen molar-refractivity contribution in [3.8, 4) is 5.75 Å². The molecule has 0 bridgehead atoms. The maximum atomic E-state index is 13.3. The average molecular weight is 394 g/mol. The first-order chi connectivity index (χ1) is 13.2. The SMILES string of the molecule is CCCOC(CC(C)C)(CC(C)C)C(=O)Nc1ccc(OC)c(C(=O)OC)c1. The van der Waals surface area contributed by atoms with Crippen LogP contribution in [0.5, 0.6) is 5.75 Å². The van der Waals surface area contributed by atoms with Crippen molar-refractivity contribution in [1.29, 1.82) is 0 Å². The molecule has 0 saturated carbocycles. The number of methoxy groups -OCH3 is 2. The number of nitrogens with one attached hydrogen (secondary N) is 1. The molecule has 0 heterocycles. The molecular weight excluding hydrogens is 358 g/mol. The van der Waals surface area contributed by atoms with Crippen LogP contribution in [0.1, 0.15) is 64.2 Å². The molecule has 1 amide bonds. The van der Waals surface area contributed by atoms with Crippen molar-refractivity contribution in [2.24, 2.45) is 11.8 Å². The molecule has 0 saturated heterocycles. The summed E-state index contributed by atoms with van der Waals surface area (Å²) >= 11 is 0. The molecule has 1 rings (SSSR count).